The molecule has 1 unspecified atom stereocenters. The number of carbonyl (C=O) groups is 2. The number of carboxylic acid groups (broad SMARTS) is 1. The molecule has 3 rings (SSSR count). The summed E-state index contributed by atoms with van der Waals surface area (Å²) in [6, 6.07) is 5.70. The number of piperidine rings is 1. The second-order valence-electron chi connectivity index (χ2n) is 6.88. The lowest BCUT2D eigenvalue weighted by atomic mass is 10.0. The number of carbonyl (C=O) groups excluding carboxylic acids is 1. The quantitative estimate of drug-likeness (QED) is 0.793. The van der Waals surface area contributed by atoms with Gasteiger partial charge in [0.05, 0.1) is 6.04 Å². The number of benzene rings is 1. The lowest BCUT2D eigenvalue weighted by Gasteiger charge is -2.35. The fourth-order valence-corrected chi connectivity index (χ4v) is 3.39. The maximum atomic E-state index is 13.7. The third kappa shape index (κ3) is 4.74. The van der Waals surface area contributed by atoms with Gasteiger partial charge in [0, 0.05) is 31.0 Å². The van der Waals surface area contributed by atoms with Gasteiger partial charge in [0.15, 0.2) is 5.75 Å². The predicted molar refractivity (Wildman–Crippen MR) is 100 cm³/mol. The minimum absolute atomic E-state index is 0.183. The number of aromatic hydroxyl groups is 1. The molecule has 0 radical (unpaired) electrons. The smallest absolute Gasteiger partial charge is 0.410 e. The van der Waals surface area contributed by atoms with Crippen LogP contribution in [0.2, 0.25) is 0 Å². The van der Waals surface area contributed by atoms with Gasteiger partial charge in [-0.15, -0.1) is 0 Å². The van der Waals surface area contributed by atoms with Gasteiger partial charge in [-0.05, 0) is 25.3 Å². The number of carboxylic acids is 1. The van der Waals surface area contributed by atoms with Crippen LogP contribution in [0.5, 0.6) is 5.75 Å². The van der Waals surface area contributed by atoms with Crippen molar-refractivity contribution in [2.45, 2.75) is 38.5 Å². The molecule has 9 heteroatoms. The molecule has 8 nitrogen and oxygen atoms in total. The van der Waals surface area contributed by atoms with Gasteiger partial charge < -0.3 is 24.4 Å². The molecule has 154 valence electrons. The summed E-state index contributed by atoms with van der Waals surface area (Å²) in [5.74, 6) is -2.57. The third-order valence-electron chi connectivity index (χ3n) is 4.88. The van der Waals surface area contributed by atoms with E-state index in [2.05, 4.69) is 0 Å². The fourth-order valence-electron chi connectivity index (χ4n) is 3.39. The van der Waals surface area contributed by atoms with E-state index in [1.165, 1.54) is 21.6 Å². The van der Waals surface area contributed by atoms with Crippen LogP contribution in [0.3, 0.4) is 0 Å². The average molecular weight is 404 g/mol. The molecule has 0 spiro atoms. The second-order valence-corrected chi connectivity index (χ2v) is 6.88. The number of aromatic nitrogens is 1. The number of halogens is 1. The van der Waals surface area contributed by atoms with Crippen molar-refractivity contribution in [2.24, 2.45) is 0 Å². The summed E-state index contributed by atoms with van der Waals surface area (Å²) < 4.78 is 20.4. The van der Waals surface area contributed by atoms with Crippen LogP contribution < -0.4 is 5.43 Å². The third-order valence-corrected chi connectivity index (χ3v) is 4.88. The first-order valence-corrected chi connectivity index (χ1v) is 9.20. The van der Waals surface area contributed by atoms with Gasteiger partial charge in [-0.2, -0.15) is 0 Å². The molecule has 0 aliphatic carbocycles. The Morgan fingerprint density at radius 1 is 1.21 bits per heavy atom. The maximum Gasteiger partial charge on any atom is 0.410 e. The fraction of sp³-hybridized carbons (Fsp3) is 0.350. The Balaban J connectivity index is 1.73. The largest absolute Gasteiger partial charge is 0.503 e. The SMILES string of the molecule is O=C(O)c1cn(CC2CCCCN2C(=O)OCc2ccccc2F)cc(O)c1=O. The molecule has 1 saturated heterocycles. The number of aromatic carboxylic acids is 1. The molecule has 29 heavy (non-hydrogen) atoms. The Kier molecular flexibility index (Phi) is 6.16. The molecule has 1 atom stereocenters. The number of likely N-dealkylation sites (tertiary alicyclic amines) is 1. The number of ether oxygens (including phenoxy) is 1. The maximum absolute atomic E-state index is 13.7. The lowest BCUT2D eigenvalue weighted by molar-refractivity contribution is 0.0625. The van der Waals surface area contributed by atoms with Crippen molar-refractivity contribution < 1.29 is 28.9 Å². The van der Waals surface area contributed by atoms with Gasteiger partial charge in [0.2, 0.25) is 5.43 Å². The molecule has 1 aliphatic rings. The van der Waals surface area contributed by atoms with E-state index in [-0.39, 0.29) is 24.8 Å². The Labute approximate surface area is 165 Å². The summed E-state index contributed by atoms with van der Waals surface area (Å²) >= 11 is 0. The van der Waals surface area contributed by atoms with Gasteiger partial charge in [-0.1, -0.05) is 18.2 Å². The summed E-state index contributed by atoms with van der Waals surface area (Å²) in [4.78, 5) is 37.0. The van der Waals surface area contributed by atoms with E-state index in [1.54, 1.807) is 12.1 Å². The molecular formula is C20H21FN2O6. The van der Waals surface area contributed by atoms with Crippen LogP contribution in [0, 0.1) is 5.82 Å². The molecule has 2 aromatic rings. The van der Waals surface area contributed by atoms with Crippen molar-refractivity contribution in [1.29, 1.82) is 0 Å². The Hall–Kier alpha value is -3.36. The number of hydrogen-bond acceptors (Lipinski definition) is 5. The van der Waals surface area contributed by atoms with Crippen molar-refractivity contribution in [2.75, 3.05) is 6.54 Å². The molecule has 1 aliphatic heterocycles. The van der Waals surface area contributed by atoms with Crippen LogP contribution in [0.4, 0.5) is 9.18 Å². The highest BCUT2D eigenvalue weighted by atomic mass is 19.1. The van der Waals surface area contributed by atoms with Crippen molar-refractivity contribution in [3.05, 3.63) is 63.8 Å². The van der Waals surface area contributed by atoms with E-state index < -0.39 is 34.6 Å². The van der Waals surface area contributed by atoms with Gasteiger partial charge in [-0.25, -0.2) is 14.0 Å². The van der Waals surface area contributed by atoms with E-state index in [9.17, 15) is 23.9 Å². The summed E-state index contributed by atoms with van der Waals surface area (Å²) in [5, 5.41) is 18.9. The number of rotatable bonds is 5. The number of nitrogens with zero attached hydrogens (tertiary/aromatic N) is 2. The summed E-state index contributed by atoms with van der Waals surface area (Å²) in [6.45, 7) is 0.429. The number of hydrogen-bond donors (Lipinski definition) is 2. The first-order chi connectivity index (χ1) is 13.9. The number of pyridine rings is 1. The molecule has 1 fully saturated rings. The van der Waals surface area contributed by atoms with Crippen LogP contribution in [-0.4, -0.2) is 44.3 Å². The minimum atomic E-state index is -1.44. The molecule has 0 saturated carbocycles. The van der Waals surface area contributed by atoms with Crippen molar-refractivity contribution >= 4 is 12.1 Å². The first-order valence-electron chi connectivity index (χ1n) is 9.20. The molecular weight excluding hydrogens is 383 g/mol. The summed E-state index contributed by atoms with van der Waals surface area (Å²) in [6.07, 6.45) is 3.97. The van der Waals surface area contributed by atoms with Crippen LogP contribution in [0.15, 0.2) is 41.5 Å². The van der Waals surface area contributed by atoms with E-state index in [0.29, 0.717) is 13.0 Å². The van der Waals surface area contributed by atoms with Crippen LogP contribution in [0.25, 0.3) is 0 Å². The lowest BCUT2D eigenvalue weighted by Crippen LogP contribution is -2.46. The molecule has 1 amide bonds. The highest BCUT2D eigenvalue weighted by Gasteiger charge is 2.28. The van der Waals surface area contributed by atoms with Gasteiger partial charge in [0.1, 0.15) is 18.0 Å². The number of amides is 1. The Morgan fingerprint density at radius 3 is 2.69 bits per heavy atom. The molecule has 2 N–H and O–H groups in total. The minimum Gasteiger partial charge on any atom is -0.503 e. The Bertz CT molecular complexity index is 974. The first kappa shape index (κ1) is 20.4. The summed E-state index contributed by atoms with van der Waals surface area (Å²) in [5.41, 5.74) is -1.24. The van der Waals surface area contributed by atoms with Gasteiger partial charge in [-0.3, -0.25) is 4.79 Å². The van der Waals surface area contributed by atoms with Crippen molar-refractivity contribution in [3.8, 4) is 5.75 Å². The normalized spacial score (nSPS) is 16.4. The summed E-state index contributed by atoms with van der Waals surface area (Å²) in [7, 11) is 0. The zero-order chi connectivity index (χ0) is 21.0. The zero-order valence-corrected chi connectivity index (χ0v) is 15.6. The van der Waals surface area contributed by atoms with Crippen LogP contribution in [0.1, 0.15) is 35.2 Å². The van der Waals surface area contributed by atoms with Crippen LogP contribution in [-0.2, 0) is 17.9 Å². The van der Waals surface area contributed by atoms with E-state index in [1.807, 2.05) is 0 Å². The Morgan fingerprint density at radius 2 is 1.97 bits per heavy atom. The predicted octanol–water partition coefficient (Wildman–Crippen LogP) is 2.58. The topological polar surface area (TPSA) is 109 Å². The molecule has 0 bridgehead atoms. The zero-order valence-electron chi connectivity index (χ0n) is 15.6. The highest BCUT2D eigenvalue weighted by Crippen LogP contribution is 2.21. The van der Waals surface area contributed by atoms with E-state index >= 15 is 0 Å². The molecule has 1 aromatic carbocycles. The van der Waals surface area contributed by atoms with Crippen LogP contribution >= 0.6 is 0 Å². The average Bonchev–Trinajstić information content (AvgIpc) is 2.70. The molecule has 2 heterocycles. The van der Waals surface area contributed by atoms with Crippen molar-refractivity contribution in [1.82, 2.24) is 9.47 Å². The van der Waals surface area contributed by atoms with Gasteiger partial charge in [0.25, 0.3) is 0 Å². The van der Waals surface area contributed by atoms with Gasteiger partial charge >= 0.3 is 12.1 Å². The second kappa shape index (κ2) is 8.76. The molecule has 1 aromatic heterocycles. The van der Waals surface area contributed by atoms with Crippen molar-refractivity contribution in [3.63, 3.8) is 0 Å². The van der Waals surface area contributed by atoms with E-state index in [0.717, 1.165) is 25.2 Å². The van der Waals surface area contributed by atoms with E-state index in [4.69, 9.17) is 9.84 Å². The standard InChI is InChI=1S/C20H21FN2O6/c21-16-7-2-1-5-13(16)12-29-20(28)23-8-4-3-6-14(23)9-22-10-15(19(26)27)18(25)17(24)11-22/h1-2,5,7,10-11,14,24H,3-4,6,8-9,12H2,(H,26,27). The highest BCUT2D eigenvalue weighted by molar-refractivity contribution is 5.87. The monoisotopic (exact) mass is 404 g/mol.